The van der Waals surface area contributed by atoms with Gasteiger partial charge >= 0.3 is 11.9 Å². The van der Waals surface area contributed by atoms with Crippen LogP contribution >= 0.6 is 0 Å². The molecule has 0 N–H and O–H groups in total. The van der Waals surface area contributed by atoms with Crippen LogP contribution in [0.5, 0.6) is 0 Å². The summed E-state index contributed by atoms with van der Waals surface area (Å²) < 4.78 is 10.9. The van der Waals surface area contributed by atoms with Crippen molar-refractivity contribution in [3.8, 4) is 0 Å². The fourth-order valence-corrected chi connectivity index (χ4v) is 3.48. The Morgan fingerprint density at radius 2 is 1.42 bits per heavy atom. The third kappa shape index (κ3) is 8.37. The van der Waals surface area contributed by atoms with Crippen molar-refractivity contribution >= 4 is 11.9 Å². The van der Waals surface area contributed by atoms with Crippen LogP contribution in [0.1, 0.15) is 73.6 Å². The third-order valence-electron chi connectivity index (χ3n) is 5.20. The van der Waals surface area contributed by atoms with Gasteiger partial charge in [-0.2, -0.15) is 0 Å². The monoisotopic (exact) mass is 366 g/mol. The maximum atomic E-state index is 12.7. The molecule has 0 bridgehead atoms. The summed E-state index contributed by atoms with van der Waals surface area (Å²) in [5.41, 5.74) is -0.00501. The van der Waals surface area contributed by atoms with Gasteiger partial charge in [-0.05, 0) is 54.8 Å². The number of carbonyl (C=O) groups is 2. The van der Waals surface area contributed by atoms with Crippen LogP contribution in [0.2, 0.25) is 0 Å². The van der Waals surface area contributed by atoms with Crippen LogP contribution < -0.4 is 0 Å². The van der Waals surface area contributed by atoms with E-state index in [1.54, 1.807) is 0 Å². The lowest BCUT2D eigenvalue weighted by Crippen LogP contribution is -2.34. The summed E-state index contributed by atoms with van der Waals surface area (Å²) in [4.78, 5) is 23.8. The largest absolute Gasteiger partial charge is 0.465 e. The number of ether oxygens (including phenoxy) is 2. The standard InChI is InChI=1S/C22H38O4/c1-8-19(23)25-14-16-9-11-17(12-10-16)15-26-20(24)18(22(5,6)7)13-21(2,3)4/h8,16-18H,1,9-15H2,2-7H3. The maximum absolute atomic E-state index is 12.7. The summed E-state index contributed by atoms with van der Waals surface area (Å²) in [6.07, 6.45) is 6.09. The van der Waals surface area contributed by atoms with Gasteiger partial charge in [-0.25, -0.2) is 4.79 Å². The molecule has 26 heavy (non-hydrogen) atoms. The van der Waals surface area contributed by atoms with Crippen molar-refractivity contribution in [1.82, 2.24) is 0 Å². The molecule has 0 saturated heterocycles. The zero-order chi connectivity index (χ0) is 20.0. The van der Waals surface area contributed by atoms with Gasteiger partial charge in [0, 0.05) is 6.08 Å². The van der Waals surface area contributed by atoms with Gasteiger partial charge in [0.25, 0.3) is 0 Å². The predicted molar refractivity (Wildman–Crippen MR) is 105 cm³/mol. The summed E-state index contributed by atoms with van der Waals surface area (Å²) in [7, 11) is 0. The van der Waals surface area contributed by atoms with E-state index < -0.39 is 0 Å². The number of esters is 2. The number of carbonyl (C=O) groups excluding carboxylic acids is 2. The van der Waals surface area contributed by atoms with E-state index in [2.05, 4.69) is 48.1 Å². The molecule has 0 radical (unpaired) electrons. The van der Waals surface area contributed by atoms with Gasteiger partial charge in [0.15, 0.2) is 0 Å². The minimum Gasteiger partial charge on any atom is -0.465 e. The first-order chi connectivity index (χ1) is 11.9. The van der Waals surface area contributed by atoms with E-state index in [0.717, 1.165) is 32.1 Å². The van der Waals surface area contributed by atoms with Gasteiger partial charge < -0.3 is 9.47 Å². The van der Waals surface area contributed by atoms with Crippen molar-refractivity contribution in [1.29, 1.82) is 0 Å². The van der Waals surface area contributed by atoms with Crippen LogP contribution in [0.4, 0.5) is 0 Å². The van der Waals surface area contributed by atoms with Crippen LogP contribution in [-0.2, 0) is 19.1 Å². The lowest BCUT2D eigenvalue weighted by molar-refractivity contribution is -0.156. The van der Waals surface area contributed by atoms with Crippen LogP contribution in [0.3, 0.4) is 0 Å². The number of rotatable bonds is 7. The average molecular weight is 367 g/mol. The van der Waals surface area contributed by atoms with Gasteiger partial charge in [-0.15, -0.1) is 0 Å². The molecule has 0 aromatic heterocycles. The van der Waals surface area contributed by atoms with E-state index in [1.807, 2.05) is 0 Å². The molecule has 150 valence electrons. The van der Waals surface area contributed by atoms with E-state index in [0.29, 0.717) is 25.0 Å². The second-order valence-electron chi connectivity index (χ2n) is 10.0. The molecule has 1 atom stereocenters. The van der Waals surface area contributed by atoms with Crippen LogP contribution in [0.25, 0.3) is 0 Å². The zero-order valence-corrected chi connectivity index (χ0v) is 17.6. The summed E-state index contributed by atoms with van der Waals surface area (Å²) >= 11 is 0. The Morgan fingerprint density at radius 3 is 1.81 bits per heavy atom. The van der Waals surface area contributed by atoms with Crippen molar-refractivity contribution in [2.24, 2.45) is 28.6 Å². The smallest absolute Gasteiger partial charge is 0.330 e. The Labute approximate surface area is 159 Å². The Hall–Kier alpha value is -1.32. The first-order valence-electron chi connectivity index (χ1n) is 9.88. The zero-order valence-electron chi connectivity index (χ0n) is 17.6. The lowest BCUT2D eigenvalue weighted by atomic mass is 9.72. The summed E-state index contributed by atoms with van der Waals surface area (Å²) in [6, 6.07) is 0. The maximum Gasteiger partial charge on any atom is 0.330 e. The number of hydrogen-bond acceptors (Lipinski definition) is 4. The van der Waals surface area contributed by atoms with Gasteiger partial charge in [0.05, 0.1) is 19.1 Å². The molecule has 1 fully saturated rings. The molecule has 1 aliphatic rings. The number of hydrogen-bond donors (Lipinski definition) is 0. The average Bonchev–Trinajstić information content (AvgIpc) is 2.54. The topological polar surface area (TPSA) is 52.6 Å². The highest BCUT2D eigenvalue weighted by Crippen LogP contribution is 2.37. The van der Waals surface area contributed by atoms with Crippen LogP contribution in [0.15, 0.2) is 12.7 Å². The highest BCUT2D eigenvalue weighted by atomic mass is 16.5. The molecule has 1 unspecified atom stereocenters. The van der Waals surface area contributed by atoms with Gasteiger partial charge in [0.2, 0.25) is 0 Å². The molecular weight excluding hydrogens is 328 g/mol. The SMILES string of the molecule is C=CC(=O)OCC1CCC(COC(=O)C(CC(C)(C)C)C(C)(C)C)CC1. The minimum atomic E-state index is -0.354. The first-order valence-corrected chi connectivity index (χ1v) is 9.88. The fraction of sp³-hybridized carbons (Fsp3) is 0.818. The quantitative estimate of drug-likeness (QED) is 0.461. The highest BCUT2D eigenvalue weighted by molar-refractivity contribution is 5.81. The summed E-state index contributed by atoms with van der Waals surface area (Å²) in [5.74, 6) is 0.328. The van der Waals surface area contributed by atoms with Gasteiger partial charge in [-0.3, -0.25) is 4.79 Å². The molecule has 0 heterocycles. The lowest BCUT2D eigenvalue weighted by Gasteiger charge is -2.34. The van der Waals surface area contributed by atoms with Crippen molar-refractivity contribution in [3.05, 3.63) is 12.7 Å². The first kappa shape index (κ1) is 22.7. The van der Waals surface area contributed by atoms with Crippen molar-refractivity contribution in [2.75, 3.05) is 13.2 Å². The van der Waals surface area contributed by atoms with E-state index >= 15 is 0 Å². The molecule has 1 rings (SSSR count). The molecule has 0 spiro atoms. The Balaban J connectivity index is 2.42. The molecular formula is C22H38O4. The Bertz CT molecular complexity index is 473. The van der Waals surface area contributed by atoms with Gasteiger partial charge in [0.1, 0.15) is 0 Å². The molecule has 0 aromatic carbocycles. The fourth-order valence-electron chi connectivity index (χ4n) is 3.48. The minimum absolute atomic E-state index is 0.0607. The van der Waals surface area contributed by atoms with Crippen molar-refractivity contribution in [2.45, 2.75) is 73.6 Å². The normalized spacial score (nSPS) is 22.4. The molecule has 4 nitrogen and oxygen atoms in total. The molecule has 0 amide bonds. The summed E-state index contributed by atoms with van der Waals surface area (Å²) in [6.45, 7) is 17.2. The van der Waals surface area contributed by atoms with Crippen LogP contribution in [-0.4, -0.2) is 25.2 Å². The van der Waals surface area contributed by atoms with E-state index in [-0.39, 0.29) is 28.7 Å². The van der Waals surface area contributed by atoms with Crippen molar-refractivity contribution in [3.63, 3.8) is 0 Å². The second kappa shape index (κ2) is 9.57. The van der Waals surface area contributed by atoms with E-state index in [1.165, 1.54) is 6.08 Å². The highest BCUT2D eigenvalue weighted by Gasteiger charge is 2.36. The second-order valence-corrected chi connectivity index (χ2v) is 10.0. The van der Waals surface area contributed by atoms with Crippen molar-refractivity contribution < 1.29 is 19.1 Å². The summed E-state index contributed by atoms with van der Waals surface area (Å²) in [5, 5.41) is 0. The third-order valence-corrected chi connectivity index (χ3v) is 5.20. The Kier molecular flexibility index (Phi) is 8.36. The molecule has 0 aromatic rings. The van der Waals surface area contributed by atoms with E-state index in [4.69, 9.17) is 9.47 Å². The van der Waals surface area contributed by atoms with E-state index in [9.17, 15) is 9.59 Å². The molecule has 1 saturated carbocycles. The predicted octanol–water partition coefficient (Wildman–Crippen LogP) is 5.16. The Morgan fingerprint density at radius 1 is 0.962 bits per heavy atom. The van der Waals surface area contributed by atoms with Crippen LogP contribution in [0, 0.1) is 28.6 Å². The van der Waals surface area contributed by atoms with Gasteiger partial charge in [-0.1, -0.05) is 48.1 Å². The molecule has 4 heteroatoms. The molecule has 1 aliphatic carbocycles. The molecule has 0 aliphatic heterocycles.